The number of fused-ring (bicyclic) bond motifs is 6. The molecule has 0 amide bonds. The number of rotatable bonds is 4. The quantitative estimate of drug-likeness (QED) is 0.373. The van der Waals surface area contributed by atoms with Crippen LogP contribution in [-0.2, 0) is 16.0 Å². The van der Waals surface area contributed by atoms with Crippen LogP contribution in [0.4, 0.5) is 0 Å². The highest BCUT2D eigenvalue weighted by Gasteiger charge is 2.61. The van der Waals surface area contributed by atoms with E-state index in [-0.39, 0.29) is 35.9 Å². The van der Waals surface area contributed by atoms with E-state index in [2.05, 4.69) is 49.0 Å². The molecule has 14 atom stereocenters. The number of aromatic nitrogens is 3. The van der Waals surface area contributed by atoms with Gasteiger partial charge < -0.3 is 29.9 Å². The van der Waals surface area contributed by atoms with Crippen molar-refractivity contribution >= 4 is 0 Å². The standard InChI is InChI=1S/C35H52N4O6/c1-18-11-28-30(38(14-18)15-22-16-39(37-36-22)33-32(43)31(42)29(17-40)44-33)20(3)35(45-28)10-8-24-25-6-5-21-12-23(41)7-9-34(21,4)27(25)13-26(24)19(35)2/h5,16,18,20,23-25,27-33,40-43H,6-15,17H2,1-4H3/t18-,20+,23-,24-,25-,27-,28+,29+,30-,31-,32?,33+,34-,35-/m0/s1. The lowest BCUT2D eigenvalue weighted by Crippen LogP contribution is -2.51. The predicted octanol–water partition coefficient (Wildman–Crippen LogP) is 3.12. The normalized spacial score (nSPS) is 49.6. The van der Waals surface area contributed by atoms with Crippen molar-refractivity contribution in [1.82, 2.24) is 19.9 Å². The molecule has 4 aliphatic carbocycles. The summed E-state index contributed by atoms with van der Waals surface area (Å²) in [6.45, 7) is 10.8. The van der Waals surface area contributed by atoms with E-state index < -0.39 is 24.5 Å². The number of likely N-dealkylation sites (tertiary alicyclic amines) is 1. The summed E-state index contributed by atoms with van der Waals surface area (Å²) in [7, 11) is 0. The third kappa shape index (κ3) is 4.53. The molecule has 1 aromatic rings. The van der Waals surface area contributed by atoms with E-state index in [1.807, 2.05) is 0 Å². The lowest BCUT2D eigenvalue weighted by molar-refractivity contribution is -0.0658. The molecule has 0 aromatic carbocycles. The van der Waals surface area contributed by atoms with Crippen LogP contribution in [0.25, 0.3) is 0 Å². The van der Waals surface area contributed by atoms with Crippen molar-refractivity contribution in [2.75, 3.05) is 13.2 Å². The Balaban J connectivity index is 1.04. The molecule has 1 unspecified atom stereocenters. The number of nitrogens with zero attached hydrogens (tertiary/aromatic N) is 4. The van der Waals surface area contributed by atoms with Gasteiger partial charge in [0.2, 0.25) is 0 Å². The maximum Gasteiger partial charge on any atom is 0.180 e. The smallest absolute Gasteiger partial charge is 0.180 e. The third-order valence-electron chi connectivity index (χ3n) is 13.8. The van der Waals surface area contributed by atoms with E-state index in [0.717, 1.165) is 50.8 Å². The average molecular weight is 625 g/mol. The molecule has 4 heterocycles. The van der Waals surface area contributed by atoms with Crippen molar-refractivity contribution in [3.8, 4) is 0 Å². The second-order valence-electron chi connectivity index (χ2n) is 16.1. The van der Waals surface area contributed by atoms with Gasteiger partial charge in [-0.15, -0.1) is 5.10 Å². The summed E-state index contributed by atoms with van der Waals surface area (Å²) in [4.78, 5) is 2.55. The Bertz CT molecular complexity index is 1380. The molecule has 10 nitrogen and oxygen atoms in total. The molecular weight excluding hydrogens is 572 g/mol. The zero-order valence-corrected chi connectivity index (χ0v) is 27.3. The minimum absolute atomic E-state index is 0.167. The number of hydrogen-bond donors (Lipinski definition) is 4. The van der Waals surface area contributed by atoms with Crippen LogP contribution in [-0.4, -0.2) is 95.6 Å². The SMILES string of the molecule is CC1=C2C[C@H]3[C@@H](CC=C4C[C@@H](O)CC[C@@]43C)[C@@H]2CC[C@]12O[C@@H]1C[C@H](C)CN(Cc3cn([C@@H]4O[C@H](CO)[C@H](O)C4O)nn3)[C@H]1[C@H]2C. The highest BCUT2D eigenvalue weighted by atomic mass is 16.6. The van der Waals surface area contributed by atoms with Crippen LogP contribution in [0.3, 0.4) is 0 Å². The molecule has 10 heteroatoms. The van der Waals surface area contributed by atoms with Crippen molar-refractivity contribution in [2.45, 2.75) is 134 Å². The van der Waals surface area contributed by atoms with Crippen LogP contribution >= 0.6 is 0 Å². The number of aliphatic hydroxyl groups excluding tert-OH is 4. The lowest BCUT2D eigenvalue weighted by atomic mass is 9.56. The summed E-state index contributed by atoms with van der Waals surface area (Å²) in [5.74, 6) is 2.88. The Morgan fingerprint density at radius 2 is 1.91 bits per heavy atom. The third-order valence-corrected chi connectivity index (χ3v) is 13.8. The highest BCUT2D eigenvalue weighted by molar-refractivity contribution is 5.38. The molecule has 4 N–H and O–H groups in total. The van der Waals surface area contributed by atoms with Gasteiger partial charge in [0, 0.05) is 25.0 Å². The fourth-order valence-electron chi connectivity index (χ4n) is 11.5. The Hall–Kier alpha value is -1.66. The van der Waals surface area contributed by atoms with E-state index in [1.54, 1.807) is 11.8 Å². The molecule has 2 saturated carbocycles. The molecule has 1 aromatic heterocycles. The van der Waals surface area contributed by atoms with Gasteiger partial charge in [-0.1, -0.05) is 43.2 Å². The molecular formula is C35H52N4O6. The van der Waals surface area contributed by atoms with Gasteiger partial charge in [0.05, 0.1) is 36.3 Å². The van der Waals surface area contributed by atoms with Crippen LogP contribution in [0.15, 0.2) is 29.0 Å². The van der Waals surface area contributed by atoms with E-state index >= 15 is 0 Å². The summed E-state index contributed by atoms with van der Waals surface area (Å²) < 4.78 is 14.5. The number of piperidine rings is 1. The van der Waals surface area contributed by atoms with Gasteiger partial charge in [0.1, 0.15) is 18.3 Å². The Kier molecular flexibility index (Phi) is 7.45. The average Bonchev–Trinajstić information content (AvgIpc) is 3.76. The van der Waals surface area contributed by atoms with Crippen LogP contribution in [0.1, 0.15) is 91.0 Å². The molecule has 5 fully saturated rings. The van der Waals surface area contributed by atoms with Gasteiger partial charge in [0.25, 0.3) is 0 Å². The second kappa shape index (κ2) is 10.9. The Morgan fingerprint density at radius 1 is 1.09 bits per heavy atom. The summed E-state index contributed by atoms with van der Waals surface area (Å²) in [5, 5.41) is 49.3. The Labute approximate surface area is 266 Å². The number of ether oxygens (including phenoxy) is 2. The van der Waals surface area contributed by atoms with Crippen LogP contribution in [0.2, 0.25) is 0 Å². The van der Waals surface area contributed by atoms with E-state index in [9.17, 15) is 20.4 Å². The van der Waals surface area contributed by atoms with Crippen LogP contribution in [0, 0.1) is 35.0 Å². The first-order valence-electron chi connectivity index (χ1n) is 17.6. The predicted molar refractivity (Wildman–Crippen MR) is 165 cm³/mol. The summed E-state index contributed by atoms with van der Waals surface area (Å²) in [5.41, 5.74) is 5.50. The van der Waals surface area contributed by atoms with Crippen molar-refractivity contribution < 1.29 is 29.9 Å². The molecule has 1 spiro atoms. The van der Waals surface area contributed by atoms with Gasteiger partial charge >= 0.3 is 0 Å². The summed E-state index contributed by atoms with van der Waals surface area (Å²) >= 11 is 0. The molecule has 8 rings (SSSR count). The van der Waals surface area contributed by atoms with Gasteiger partial charge in [-0.05, 0) is 93.0 Å². The maximum absolute atomic E-state index is 10.5. The molecule has 3 saturated heterocycles. The zero-order chi connectivity index (χ0) is 31.4. The van der Waals surface area contributed by atoms with Crippen molar-refractivity contribution in [2.24, 2.45) is 35.0 Å². The molecule has 0 radical (unpaired) electrons. The fraction of sp³-hybridized carbons (Fsp3) is 0.829. The van der Waals surface area contributed by atoms with Gasteiger partial charge in [0.15, 0.2) is 6.23 Å². The van der Waals surface area contributed by atoms with Gasteiger partial charge in [-0.2, -0.15) is 0 Å². The van der Waals surface area contributed by atoms with Crippen molar-refractivity contribution in [1.29, 1.82) is 0 Å². The minimum atomic E-state index is -1.18. The first-order chi connectivity index (χ1) is 21.5. The first-order valence-corrected chi connectivity index (χ1v) is 17.6. The number of hydrogen-bond acceptors (Lipinski definition) is 9. The summed E-state index contributed by atoms with van der Waals surface area (Å²) in [6, 6.07) is 0.279. The summed E-state index contributed by atoms with van der Waals surface area (Å²) in [6.07, 6.45) is 8.81. The first kappa shape index (κ1) is 30.7. The molecule has 45 heavy (non-hydrogen) atoms. The fourth-order valence-corrected chi connectivity index (χ4v) is 11.5. The highest BCUT2D eigenvalue weighted by Crippen LogP contribution is 2.65. The van der Waals surface area contributed by atoms with E-state index in [1.165, 1.54) is 28.7 Å². The van der Waals surface area contributed by atoms with Gasteiger partial charge in [-0.3, -0.25) is 4.90 Å². The largest absolute Gasteiger partial charge is 0.394 e. The van der Waals surface area contributed by atoms with Crippen LogP contribution < -0.4 is 0 Å². The topological polar surface area (TPSA) is 133 Å². The van der Waals surface area contributed by atoms with Crippen LogP contribution in [0.5, 0.6) is 0 Å². The monoisotopic (exact) mass is 624 g/mol. The van der Waals surface area contributed by atoms with E-state index in [4.69, 9.17) is 9.47 Å². The van der Waals surface area contributed by atoms with Crippen molar-refractivity contribution in [3.05, 3.63) is 34.7 Å². The molecule has 0 bridgehead atoms. The molecule has 7 aliphatic rings. The van der Waals surface area contributed by atoms with Crippen molar-refractivity contribution in [3.63, 3.8) is 0 Å². The molecule has 3 aliphatic heterocycles. The maximum atomic E-state index is 10.5. The number of allylic oxidation sites excluding steroid dienone is 2. The lowest BCUT2D eigenvalue weighted by Gasteiger charge is -2.49. The minimum Gasteiger partial charge on any atom is -0.394 e. The zero-order valence-electron chi connectivity index (χ0n) is 27.3. The number of aliphatic hydroxyl groups is 4. The molecule has 248 valence electrons. The second-order valence-corrected chi connectivity index (χ2v) is 16.1. The van der Waals surface area contributed by atoms with E-state index in [0.29, 0.717) is 36.1 Å². The van der Waals surface area contributed by atoms with Gasteiger partial charge in [-0.25, -0.2) is 4.68 Å². The Morgan fingerprint density at radius 3 is 2.69 bits per heavy atom.